The molecule has 0 spiro atoms. The van der Waals surface area contributed by atoms with Crippen LogP contribution in [0.2, 0.25) is 0 Å². The third-order valence-electron chi connectivity index (χ3n) is 7.62. The van der Waals surface area contributed by atoms with Gasteiger partial charge in [-0.05, 0) is 56.5 Å². The summed E-state index contributed by atoms with van der Waals surface area (Å²) in [6.07, 6.45) is 2.61. The number of hydrogen-bond donors (Lipinski definition) is 3. The topological polar surface area (TPSA) is 142 Å². The summed E-state index contributed by atoms with van der Waals surface area (Å²) in [6.45, 7) is 15.3. The molecule has 4 atom stereocenters. The van der Waals surface area contributed by atoms with Gasteiger partial charge in [0.2, 0.25) is 0 Å². The van der Waals surface area contributed by atoms with Crippen LogP contribution in [0.25, 0.3) is 11.2 Å². The predicted octanol–water partition coefficient (Wildman–Crippen LogP) is 3.66. The van der Waals surface area contributed by atoms with Crippen LogP contribution < -0.4 is 16.4 Å². The van der Waals surface area contributed by atoms with E-state index in [0.29, 0.717) is 30.1 Å². The minimum absolute atomic E-state index is 0.0712. The van der Waals surface area contributed by atoms with Crippen LogP contribution in [0.5, 0.6) is 0 Å². The van der Waals surface area contributed by atoms with Crippen molar-refractivity contribution in [2.45, 2.75) is 83.7 Å². The van der Waals surface area contributed by atoms with Gasteiger partial charge in [0.1, 0.15) is 30.2 Å². The number of benzene rings is 1. The lowest BCUT2D eigenvalue weighted by Gasteiger charge is -2.28. The number of carbonyl (C=O) groups excluding carboxylic acids is 1. The molecule has 0 bridgehead atoms. The number of amides is 2. The second kappa shape index (κ2) is 11.5. The van der Waals surface area contributed by atoms with E-state index in [2.05, 4.69) is 58.2 Å². The van der Waals surface area contributed by atoms with Crippen molar-refractivity contribution in [3.63, 3.8) is 0 Å². The third-order valence-corrected chi connectivity index (χ3v) is 7.62. The molecule has 2 fully saturated rings. The van der Waals surface area contributed by atoms with Crippen molar-refractivity contribution in [3.05, 3.63) is 42.5 Å². The standard InChI is InChI=1S/C29H42N8O4/c1-7-36(14-8-13-31-27(38)35-19-11-9-18(10-12-19)28(2,3)4)15-20-22-23(41-29(5,6)40-22)26(39-20)37-17-34-21-24(30)32-16-33-25(21)37/h9-12,16-17,20,22-23,26H,7-8,13-15H2,1-6H3,(H2,30,32,33)(H2,31,35,38). The van der Waals surface area contributed by atoms with Crippen LogP contribution in [0.3, 0.4) is 0 Å². The summed E-state index contributed by atoms with van der Waals surface area (Å²) in [7, 11) is 0. The van der Waals surface area contributed by atoms with Crippen molar-refractivity contribution in [2.75, 3.05) is 37.2 Å². The smallest absolute Gasteiger partial charge is 0.319 e. The van der Waals surface area contributed by atoms with Gasteiger partial charge in [-0.25, -0.2) is 19.7 Å². The maximum absolute atomic E-state index is 12.4. The summed E-state index contributed by atoms with van der Waals surface area (Å²) in [4.78, 5) is 27.6. The molecule has 2 saturated heterocycles. The SMILES string of the molecule is CCN(CCCNC(=O)Nc1ccc(C(C)(C)C)cc1)CC1OC(n2cnc3c(N)ncnc32)C2OC(C)(C)OC12. The molecule has 2 aromatic heterocycles. The number of nitrogens with one attached hydrogen (secondary N) is 2. The average molecular weight is 567 g/mol. The first-order valence-corrected chi connectivity index (χ1v) is 14.3. The minimum atomic E-state index is -0.735. The Kier molecular flexibility index (Phi) is 8.20. The number of nitrogens with zero attached hydrogens (tertiary/aromatic N) is 5. The first-order valence-electron chi connectivity index (χ1n) is 14.3. The molecule has 4 N–H and O–H groups in total. The Bertz CT molecular complexity index is 1350. The second-order valence-corrected chi connectivity index (χ2v) is 12.2. The molecule has 0 saturated carbocycles. The zero-order chi connectivity index (χ0) is 29.4. The van der Waals surface area contributed by atoms with Crippen molar-refractivity contribution < 1.29 is 19.0 Å². The van der Waals surface area contributed by atoms with Gasteiger partial charge in [0.15, 0.2) is 23.5 Å². The highest BCUT2D eigenvalue weighted by Crippen LogP contribution is 2.44. The predicted molar refractivity (Wildman–Crippen MR) is 156 cm³/mol. The lowest BCUT2D eigenvalue weighted by atomic mass is 9.87. The summed E-state index contributed by atoms with van der Waals surface area (Å²) in [6, 6.07) is 7.76. The number of fused-ring (bicyclic) bond motifs is 2. The Hall–Kier alpha value is -3.32. The quantitative estimate of drug-likeness (QED) is 0.331. The van der Waals surface area contributed by atoms with E-state index in [0.717, 1.165) is 25.2 Å². The fourth-order valence-corrected chi connectivity index (χ4v) is 5.45. The number of ether oxygens (including phenoxy) is 3. The Labute approximate surface area is 241 Å². The molecule has 2 aliphatic rings. The summed E-state index contributed by atoms with van der Waals surface area (Å²) in [5, 5.41) is 5.87. The number of carbonyl (C=O) groups is 1. The van der Waals surface area contributed by atoms with Gasteiger partial charge in [0.25, 0.3) is 0 Å². The Morgan fingerprint density at radius 1 is 1.12 bits per heavy atom. The van der Waals surface area contributed by atoms with Crippen molar-refractivity contribution in [3.8, 4) is 0 Å². The average Bonchev–Trinajstić information content (AvgIpc) is 3.57. The fraction of sp³-hybridized carbons (Fsp3) is 0.586. The third kappa shape index (κ3) is 6.45. The first kappa shape index (κ1) is 29.2. The van der Waals surface area contributed by atoms with Crippen molar-refractivity contribution in [2.24, 2.45) is 0 Å². The van der Waals surface area contributed by atoms with Gasteiger partial charge in [-0.2, -0.15) is 0 Å². The Morgan fingerprint density at radius 3 is 2.56 bits per heavy atom. The lowest BCUT2D eigenvalue weighted by Crippen LogP contribution is -2.41. The zero-order valence-electron chi connectivity index (χ0n) is 24.8. The van der Waals surface area contributed by atoms with Gasteiger partial charge >= 0.3 is 6.03 Å². The monoisotopic (exact) mass is 566 g/mol. The van der Waals surface area contributed by atoms with E-state index < -0.39 is 12.0 Å². The van der Waals surface area contributed by atoms with Gasteiger partial charge in [-0.15, -0.1) is 0 Å². The molecule has 2 aliphatic heterocycles. The van der Waals surface area contributed by atoms with Gasteiger partial charge in [-0.1, -0.05) is 39.8 Å². The highest BCUT2D eigenvalue weighted by atomic mass is 16.8. The van der Waals surface area contributed by atoms with E-state index in [9.17, 15) is 4.79 Å². The number of likely N-dealkylation sites (N-methyl/N-ethyl adjacent to an activating group) is 1. The molecular formula is C29H42N8O4. The molecule has 2 amide bonds. The van der Waals surface area contributed by atoms with E-state index in [4.69, 9.17) is 19.9 Å². The summed E-state index contributed by atoms with van der Waals surface area (Å²) in [5.41, 5.74) is 9.20. The summed E-state index contributed by atoms with van der Waals surface area (Å²) in [5.74, 6) is -0.414. The zero-order valence-corrected chi connectivity index (χ0v) is 24.8. The van der Waals surface area contributed by atoms with Crippen LogP contribution in [0, 0.1) is 0 Å². The van der Waals surface area contributed by atoms with Gasteiger partial charge in [-0.3, -0.25) is 4.57 Å². The van der Waals surface area contributed by atoms with Gasteiger partial charge in [0, 0.05) is 18.8 Å². The maximum atomic E-state index is 12.4. The van der Waals surface area contributed by atoms with E-state index in [1.807, 2.05) is 42.7 Å². The van der Waals surface area contributed by atoms with E-state index >= 15 is 0 Å². The van der Waals surface area contributed by atoms with Crippen LogP contribution in [0.1, 0.15) is 59.8 Å². The van der Waals surface area contributed by atoms with Crippen LogP contribution in [0.4, 0.5) is 16.3 Å². The molecule has 12 nitrogen and oxygen atoms in total. The molecule has 3 aromatic rings. The highest BCUT2D eigenvalue weighted by Gasteiger charge is 2.56. The normalized spacial score (nSPS) is 23.7. The largest absolute Gasteiger partial charge is 0.382 e. The van der Waals surface area contributed by atoms with E-state index in [1.165, 1.54) is 11.9 Å². The number of urea groups is 1. The summed E-state index contributed by atoms with van der Waals surface area (Å²) >= 11 is 0. The fourth-order valence-electron chi connectivity index (χ4n) is 5.45. The number of nitrogens with two attached hydrogens (primary N) is 1. The van der Waals surface area contributed by atoms with Crippen molar-refractivity contribution in [1.82, 2.24) is 29.7 Å². The van der Waals surface area contributed by atoms with Crippen LogP contribution in [0.15, 0.2) is 36.9 Å². The molecule has 41 heavy (non-hydrogen) atoms. The molecule has 222 valence electrons. The molecular weight excluding hydrogens is 524 g/mol. The minimum Gasteiger partial charge on any atom is -0.382 e. The van der Waals surface area contributed by atoms with E-state index in [1.54, 1.807) is 6.33 Å². The Morgan fingerprint density at radius 2 is 1.85 bits per heavy atom. The molecule has 0 radical (unpaired) electrons. The van der Waals surface area contributed by atoms with Gasteiger partial charge in [0.05, 0.1) is 6.33 Å². The number of imidazole rings is 1. The lowest BCUT2D eigenvalue weighted by molar-refractivity contribution is -0.197. The molecule has 12 heteroatoms. The number of rotatable bonds is 9. The molecule has 4 unspecified atom stereocenters. The molecule has 1 aromatic carbocycles. The molecule has 4 heterocycles. The first-order chi connectivity index (χ1) is 19.4. The Balaban J connectivity index is 1.15. The highest BCUT2D eigenvalue weighted by molar-refractivity contribution is 5.89. The maximum Gasteiger partial charge on any atom is 0.319 e. The van der Waals surface area contributed by atoms with Gasteiger partial charge < -0.3 is 35.5 Å². The molecule has 5 rings (SSSR count). The van der Waals surface area contributed by atoms with Crippen LogP contribution in [-0.2, 0) is 19.6 Å². The number of hydrogen-bond acceptors (Lipinski definition) is 9. The van der Waals surface area contributed by atoms with Crippen LogP contribution >= 0.6 is 0 Å². The van der Waals surface area contributed by atoms with E-state index in [-0.39, 0.29) is 29.8 Å². The number of anilines is 2. The second-order valence-electron chi connectivity index (χ2n) is 12.2. The molecule has 0 aliphatic carbocycles. The van der Waals surface area contributed by atoms with Crippen LogP contribution in [-0.4, -0.2) is 80.7 Å². The van der Waals surface area contributed by atoms with Crippen molar-refractivity contribution in [1.29, 1.82) is 0 Å². The number of aromatic nitrogens is 4. The van der Waals surface area contributed by atoms with Crippen molar-refractivity contribution >= 4 is 28.7 Å². The number of nitrogen functional groups attached to an aromatic ring is 1. The summed E-state index contributed by atoms with van der Waals surface area (Å²) < 4.78 is 21.0.